The van der Waals surface area contributed by atoms with Crippen molar-refractivity contribution in [1.29, 1.82) is 0 Å². The van der Waals surface area contributed by atoms with Gasteiger partial charge in [0, 0.05) is 13.6 Å². The summed E-state index contributed by atoms with van der Waals surface area (Å²) in [6.07, 6.45) is 0.173. The standard InChI is InChI=1S/C13H21N3O2/c1-10(2)18-9-8-16(3)13(17)11-6-4-5-7-12(11)15-14/h4-7,10,15H,8-9,14H2,1-3H3. The number of hydrogen-bond donors (Lipinski definition) is 2. The summed E-state index contributed by atoms with van der Waals surface area (Å²) in [5.74, 6) is 5.31. The van der Waals surface area contributed by atoms with Crippen molar-refractivity contribution >= 4 is 11.6 Å². The third-order valence-electron chi connectivity index (χ3n) is 2.54. The summed E-state index contributed by atoms with van der Waals surface area (Å²) in [6.45, 7) is 5.01. The van der Waals surface area contributed by atoms with Gasteiger partial charge in [-0.2, -0.15) is 0 Å². The molecule has 0 bridgehead atoms. The fraction of sp³-hybridized carbons (Fsp3) is 0.462. The lowest BCUT2D eigenvalue weighted by Gasteiger charge is -2.19. The van der Waals surface area contributed by atoms with Crippen LogP contribution >= 0.6 is 0 Å². The number of hydrazine groups is 1. The molecule has 3 N–H and O–H groups in total. The third-order valence-corrected chi connectivity index (χ3v) is 2.54. The number of likely N-dealkylation sites (N-methyl/N-ethyl adjacent to an activating group) is 1. The highest BCUT2D eigenvalue weighted by molar-refractivity contribution is 5.99. The van der Waals surface area contributed by atoms with Crippen molar-refractivity contribution in [1.82, 2.24) is 4.90 Å². The predicted octanol–water partition coefficient (Wildman–Crippen LogP) is 1.47. The molecular formula is C13H21N3O2. The Morgan fingerprint density at radius 2 is 2.11 bits per heavy atom. The number of nitrogen functional groups attached to an aromatic ring is 1. The van der Waals surface area contributed by atoms with Crippen LogP contribution in [0.1, 0.15) is 24.2 Å². The molecule has 0 atom stereocenters. The van der Waals surface area contributed by atoms with Crippen LogP contribution in [0.5, 0.6) is 0 Å². The van der Waals surface area contributed by atoms with E-state index in [0.717, 1.165) is 0 Å². The van der Waals surface area contributed by atoms with Gasteiger partial charge in [-0.1, -0.05) is 12.1 Å². The van der Waals surface area contributed by atoms with E-state index in [1.807, 2.05) is 26.0 Å². The second-order valence-electron chi connectivity index (χ2n) is 4.34. The van der Waals surface area contributed by atoms with E-state index in [9.17, 15) is 4.79 Å². The molecule has 0 heterocycles. The van der Waals surface area contributed by atoms with Crippen molar-refractivity contribution in [2.24, 2.45) is 5.84 Å². The van der Waals surface area contributed by atoms with Crippen LogP contribution in [-0.2, 0) is 4.74 Å². The number of ether oxygens (including phenoxy) is 1. The van der Waals surface area contributed by atoms with E-state index in [4.69, 9.17) is 10.6 Å². The third kappa shape index (κ3) is 4.01. The van der Waals surface area contributed by atoms with Gasteiger partial charge < -0.3 is 15.1 Å². The number of nitrogens with one attached hydrogen (secondary N) is 1. The number of anilines is 1. The van der Waals surface area contributed by atoms with Gasteiger partial charge >= 0.3 is 0 Å². The quantitative estimate of drug-likeness (QED) is 0.593. The summed E-state index contributed by atoms with van der Waals surface area (Å²) in [5, 5.41) is 0. The lowest BCUT2D eigenvalue weighted by atomic mass is 10.1. The van der Waals surface area contributed by atoms with Gasteiger partial charge in [0.15, 0.2) is 0 Å². The summed E-state index contributed by atoms with van der Waals surface area (Å²) in [7, 11) is 1.75. The number of carbonyl (C=O) groups is 1. The Balaban J connectivity index is 2.62. The summed E-state index contributed by atoms with van der Waals surface area (Å²) in [6, 6.07) is 7.16. The van der Waals surface area contributed by atoms with E-state index in [1.54, 1.807) is 24.1 Å². The minimum atomic E-state index is -0.0732. The Kier molecular flexibility index (Phi) is 5.61. The highest BCUT2D eigenvalue weighted by Gasteiger charge is 2.14. The lowest BCUT2D eigenvalue weighted by molar-refractivity contribution is 0.0532. The topological polar surface area (TPSA) is 67.6 Å². The van der Waals surface area contributed by atoms with E-state index < -0.39 is 0 Å². The van der Waals surface area contributed by atoms with E-state index in [-0.39, 0.29) is 12.0 Å². The van der Waals surface area contributed by atoms with Gasteiger partial charge in [-0.25, -0.2) is 0 Å². The smallest absolute Gasteiger partial charge is 0.255 e. The van der Waals surface area contributed by atoms with Crippen molar-refractivity contribution in [3.8, 4) is 0 Å². The second kappa shape index (κ2) is 6.98. The molecule has 0 unspecified atom stereocenters. The van der Waals surface area contributed by atoms with Gasteiger partial charge in [0.2, 0.25) is 0 Å². The SMILES string of the molecule is CC(C)OCCN(C)C(=O)c1ccccc1NN. The molecule has 0 aliphatic carbocycles. The Morgan fingerprint density at radius 3 is 2.72 bits per heavy atom. The Bertz CT molecular complexity index is 394. The van der Waals surface area contributed by atoms with Crippen molar-refractivity contribution in [3.63, 3.8) is 0 Å². The summed E-state index contributed by atoms with van der Waals surface area (Å²) in [5.41, 5.74) is 3.71. The fourth-order valence-electron chi connectivity index (χ4n) is 1.53. The van der Waals surface area contributed by atoms with Crippen LogP contribution in [0.25, 0.3) is 0 Å². The minimum absolute atomic E-state index is 0.0732. The number of hydrogen-bond acceptors (Lipinski definition) is 4. The van der Waals surface area contributed by atoms with Crippen LogP contribution < -0.4 is 11.3 Å². The first kappa shape index (κ1) is 14.5. The first-order valence-corrected chi connectivity index (χ1v) is 5.99. The largest absolute Gasteiger partial charge is 0.377 e. The van der Waals surface area contributed by atoms with Crippen LogP contribution in [0.15, 0.2) is 24.3 Å². The number of benzene rings is 1. The first-order valence-electron chi connectivity index (χ1n) is 5.99. The average molecular weight is 251 g/mol. The maximum atomic E-state index is 12.2. The highest BCUT2D eigenvalue weighted by Crippen LogP contribution is 2.15. The summed E-state index contributed by atoms with van der Waals surface area (Å²) < 4.78 is 5.42. The minimum Gasteiger partial charge on any atom is -0.377 e. The average Bonchev–Trinajstić information content (AvgIpc) is 2.37. The Hall–Kier alpha value is -1.59. The van der Waals surface area contributed by atoms with Gasteiger partial charge in [-0.3, -0.25) is 10.6 Å². The van der Waals surface area contributed by atoms with Crippen LogP contribution in [-0.4, -0.2) is 37.1 Å². The van der Waals surface area contributed by atoms with Crippen molar-refractivity contribution < 1.29 is 9.53 Å². The molecule has 0 radical (unpaired) electrons. The van der Waals surface area contributed by atoms with Crippen LogP contribution in [0.3, 0.4) is 0 Å². The molecule has 18 heavy (non-hydrogen) atoms. The Morgan fingerprint density at radius 1 is 1.44 bits per heavy atom. The van der Waals surface area contributed by atoms with E-state index in [1.165, 1.54) is 0 Å². The van der Waals surface area contributed by atoms with Gasteiger partial charge in [-0.05, 0) is 26.0 Å². The van der Waals surface area contributed by atoms with Crippen LogP contribution in [0.2, 0.25) is 0 Å². The summed E-state index contributed by atoms with van der Waals surface area (Å²) >= 11 is 0. The monoisotopic (exact) mass is 251 g/mol. The Labute approximate surface area is 108 Å². The number of amides is 1. The van der Waals surface area contributed by atoms with Crippen LogP contribution in [0.4, 0.5) is 5.69 Å². The zero-order chi connectivity index (χ0) is 13.5. The fourth-order valence-corrected chi connectivity index (χ4v) is 1.53. The number of carbonyl (C=O) groups excluding carboxylic acids is 1. The molecule has 1 rings (SSSR count). The number of rotatable bonds is 6. The van der Waals surface area contributed by atoms with E-state index in [0.29, 0.717) is 24.4 Å². The van der Waals surface area contributed by atoms with E-state index in [2.05, 4.69) is 5.43 Å². The molecule has 100 valence electrons. The maximum Gasteiger partial charge on any atom is 0.255 e. The molecule has 1 aromatic rings. The number of para-hydroxylation sites is 1. The van der Waals surface area contributed by atoms with Gasteiger partial charge in [0.05, 0.1) is 24.0 Å². The van der Waals surface area contributed by atoms with Gasteiger partial charge in [0.1, 0.15) is 0 Å². The summed E-state index contributed by atoms with van der Waals surface area (Å²) in [4.78, 5) is 13.8. The number of nitrogens with two attached hydrogens (primary N) is 1. The predicted molar refractivity (Wildman–Crippen MR) is 72.3 cm³/mol. The molecule has 1 amide bonds. The zero-order valence-corrected chi connectivity index (χ0v) is 11.1. The molecular weight excluding hydrogens is 230 g/mol. The van der Waals surface area contributed by atoms with Crippen molar-refractivity contribution in [2.45, 2.75) is 20.0 Å². The first-order chi connectivity index (χ1) is 8.56. The lowest BCUT2D eigenvalue weighted by Crippen LogP contribution is -2.31. The molecule has 5 nitrogen and oxygen atoms in total. The molecule has 0 aliphatic rings. The van der Waals surface area contributed by atoms with Crippen molar-refractivity contribution in [2.75, 3.05) is 25.6 Å². The molecule has 0 aliphatic heterocycles. The zero-order valence-electron chi connectivity index (χ0n) is 11.1. The molecule has 0 fully saturated rings. The molecule has 1 aromatic carbocycles. The van der Waals surface area contributed by atoms with E-state index >= 15 is 0 Å². The molecule has 0 aromatic heterocycles. The van der Waals surface area contributed by atoms with Crippen LogP contribution in [0, 0.1) is 0 Å². The molecule has 5 heteroatoms. The maximum absolute atomic E-state index is 12.2. The van der Waals surface area contributed by atoms with Gasteiger partial charge in [0.25, 0.3) is 5.91 Å². The van der Waals surface area contributed by atoms with Crippen molar-refractivity contribution in [3.05, 3.63) is 29.8 Å². The molecule has 0 spiro atoms. The highest BCUT2D eigenvalue weighted by atomic mass is 16.5. The number of nitrogens with zero attached hydrogens (tertiary/aromatic N) is 1. The molecule has 0 saturated carbocycles. The van der Waals surface area contributed by atoms with Gasteiger partial charge in [-0.15, -0.1) is 0 Å². The normalized spacial score (nSPS) is 10.5. The second-order valence-corrected chi connectivity index (χ2v) is 4.34. The molecule has 0 saturated heterocycles.